The summed E-state index contributed by atoms with van der Waals surface area (Å²) in [5.74, 6) is 1.10. The molecule has 0 amide bonds. The fourth-order valence-electron chi connectivity index (χ4n) is 2.36. The average molecular weight is 280 g/mol. The Morgan fingerprint density at radius 3 is 2.79 bits per heavy atom. The minimum absolute atomic E-state index is 0.262. The number of halogens is 1. The Balaban J connectivity index is 2.43. The van der Waals surface area contributed by atoms with Crippen LogP contribution in [0.3, 0.4) is 0 Å². The fourth-order valence-corrected chi connectivity index (χ4v) is 2.52. The highest BCUT2D eigenvalue weighted by atomic mass is 35.5. The van der Waals surface area contributed by atoms with Crippen molar-refractivity contribution >= 4 is 22.6 Å². The summed E-state index contributed by atoms with van der Waals surface area (Å²) < 4.78 is 2.29. The van der Waals surface area contributed by atoms with Crippen LogP contribution in [0, 0.1) is 0 Å². The summed E-state index contributed by atoms with van der Waals surface area (Å²) in [6.45, 7) is 8.52. The van der Waals surface area contributed by atoms with Crippen molar-refractivity contribution in [3.05, 3.63) is 29.0 Å². The average Bonchev–Trinajstić information content (AvgIpc) is 2.75. The smallest absolute Gasteiger partial charge is 0.126 e. The minimum atomic E-state index is 0.262. The van der Waals surface area contributed by atoms with Gasteiger partial charge in [-0.15, -0.1) is 0 Å². The maximum Gasteiger partial charge on any atom is 0.126 e. The van der Waals surface area contributed by atoms with Crippen molar-refractivity contribution in [2.75, 3.05) is 6.54 Å². The van der Waals surface area contributed by atoms with E-state index in [2.05, 4.69) is 30.7 Å². The molecule has 1 heterocycles. The normalized spacial score (nSPS) is 13.1. The van der Waals surface area contributed by atoms with Gasteiger partial charge in [0.15, 0.2) is 0 Å². The van der Waals surface area contributed by atoms with Crippen molar-refractivity contribution in [3.63, 3.8) is 0 Å². The highest BCUT2D eigenvalue weighted by molar-refractivity contribution is 6.31. The number of rotatable bonds is 6. The number of benzene rings is 1. The monoisotopic (exact) mass is 279 g/mol. The van der Waals surface area contributed by atoms with Crippen LogP contribution in [-0.2, 0) is 6.54 Å². The zero-order valence-electron chi connectivity index (χ0n) is 11.9. The van der Waals surface area contributed by atoms with Crippen molar-refractivity contribution in [2.45, 2.75) is 46.2 Å². The predicted octanol–water partition coefficient (Wildman–Crippen LogP) is 4.16. The molecule has 2 rings (SSSR count). The first-order chi connectivity index (χ1) is 9.17. The van der Waals surface area contributed by atoms with E-state index >= 15 is 0 Å². The van der Waals surface area contributed by atoms with E-state index in [9.17, 15) is 0 Å². The number of nitrogens with one attached hydrogen (secondary N) is 1. The van der Waals surface area contributed by atoms with Gasteiger partial charge in [-0.3, -0.25) is 0 Å². The van der Waals surface area contributed by atoms with Crippen LogP contribution in [0.5, 0.6) is 0 Å². The lowest BCUT2D eigenvalue weighted by Crippen LogP contribution is -2.22. The number of imidazole rings is 1. The maximum atomic E-state index is 6.11. The highest BCUT2D eigenvalue weighted by Crippen LogP contribution is 2.24. The molecule has 19 heavy (non-hydrogen) atoms. The Morgan fingerprint density at radius 2 is 2.11 bits per heavy atom. The summed E-state index contributed by atoms with van der Waals surface area (Å²) in [5.41, 5.74) is 2.16. The summed E-state index contributed by atoms with van der Waals surface area (Å²) >= 11 is 6.11. The molecule has 1 unspecified atom stereocenters. The summed E-state index contributed by atoms with van der Waals surface area (Å²) in [6.07, 6.45) is 2.22. The Bertz CT molecular complexity index is 548. The molecule has 104 valence electrons. The van der Waals surface area contributed by atoms with E-state index < -0.39 is 0 Å². The zero-order chi connectivity index (χ0) is 13.8. The number of aromatic nitrogens is 2. The molecular weight excluding hydrogens is 258 g/mol. The van der Waals surface area contributed by atoms with Crippen LogP contribution in [0.2, 0.25) is 5.02 Å². The quantitative estimate of drug-likeness (QED) is 0.860. The van der Waals surface area contributed by atoms with Crippen LogP contribution in [0.15, 0.2) is 18.2 Å². The van der Waals surface area contributed by atoms with Gasteiger partial charge >= 0.3 is 0 Å². The van der Waals surface area contributed by atoms with E-state index in [0.29, 0.717) is 0 Å². The van der Waals surface area contributed by atoms with Crippen molar-refractivity contribution in [3.8, 4) is 0 Å². The molecule has 0 fully saturated rings. The molecule has 1 atom stereocenters. The van der Waals surface area contributed by atoms with Gasteiger partial charge in [0.25, 0.3) is 0 Å². The van der Waals surface area contributed by atoms with E-state index in [4.69, 9.17) is 16.6 Å². The molecule has 0 saturated carbocycles. The minimum Gasteiger partial charge on any atom is -0.327 e. The third kappa shape index (κ3) is 3.10. The first-order valence-electron chi connectivity index (χ1n) is 7.06. The van der Waals surface area contributed by atoms with E-state index in [1.807, 2.05) is 18.2 Å². The Hall–Kier alpha value is -1.06. The van der Waals surface area contributed by atoms with Crippen LogP contribution < -0.4 is 5.32 Å². The molecule has 4 heteroatoms. The molecule has 1 aromatic heterocycles. The van der Waals surface area contributed by atoms with E-state index in [1.165, 1.54) is 0 Å². The first-order valence-corrected chi connectivity index (χ1v) is 7.44. The molecule has 0 aliphatic carbocycles. The fraction of sp³-hybridized carbons (Fsp3) is 0.533. The topological polar surface area (TPSA) is 29.9 Å². The van der Waals surface area contributed by atoms with Gasteiger partial charge in [0.1, 0.15) is 5.82 Å². The number of fused-ring (bicyclic) bond motifs is 1. The second-order valence-electron chi connectivity index (χ2n) is 4.93. The van der Waals surface area contributed by atoms with Gasteiger partial charge in [0, 0.05) is 11.6 Å². The van der Waals surface area contributed by atoms with Crippen LogP contribution in [-0.4, -0.2) is 16.1 Å². The van der Waals surface area contributed by atoms with E-state index in [0.717, 1.165) is 47.8 Å². The lowest BCUT2D eigenvalue weighted by Gasteiger charge is -2.15. The number of aryl methyl sites for hydroxylation is 1. The molecule has 1 aromatic carbocycles. The zero-order valence-corrected chi connectivity index (χ0v) is 12.7. The summed E-state index contributed by atoms with van der Waals surface area (Å²) in [6, 6.07) is 6.17. The van der Waals surface area contributed by atoms with E-state index in [1.54, 1.807) is 0 Å². The Labute approximate surface area is 120 Å². The van der Waals surface area contributed by atoms with Crippen LogP contribution in [0.25, 0.3) is 11.0 Å². The van der Waals surface area contributed by atoms with Crippen molar-refractivity contribution in [1.82, 2.24) is 14.9 Å². The molecule has 0 saturated heterocycles. The first kappa shape index (κ1) is 14.4. The molecule has 0 aliphatic rings. The van der Waals surface area contributed by atoms with Crippen molar-refractivity contribution < 1.29 is 0 Å². The predicted molar refractivity (Wildman–Crippen MR) is 81.7 cm³/mol. The highest BCUT2D eigenvalue weighted by Gasteiger charge is 2.15. The van der Waals surface area contributed by atoms with Crippen LogP contribution >= 0.6 is 11.6 Å². The van der Waals surface area contributed by atoms with Gasteiger partial charge in [-0.2, -0.15) is 0 Å². The van der Waals surface area contributed by atoms with E-state index in [-0.39, 0.29) is 6.04 Å². The molecular formula is C15H22ClN3. The van der Waals surface area contributed by atoms with Gasteiger partial charge in [-0.05, 0) is 44.5 Å². The lowest BCUT2D eigenvalue weighted by molar-refractivity contribution is 0.513. The largest absolute Gasteiger partial charge is 0.327 e. The maximum absolute atomic E-state index is 6.11. The van der Waals surface area contributed by atoms with Gasteiger partial charge in [0.2, 0.25) is 0 Å². The second-order valence-corrected chi connectivity index (χ2v) is 5.37. The molecule has 0 radical (unpaired) electrons. The van der Waals surface area contributed by atoms with Gasteiger partial charge in [0.05, 0.1) is 17.1 Å². The summed E-state index contributed by atoms with van der Waals surface area (Å²) in [5, 5.41) is 4.28. The molecule has 2 aromatic rings. The number of hydrogen-bond donors (Lipinski definition) is 1. The third-order valence-electron chi connectivity index (χ3n) is 3.27. The van der Waals surface area contributed by atoms with Crippen LogP contribution in [0.4, 0.5) is 0 Å². The van der Waals surface area contributed by atoms with Crippen LogP contribution in [0.1, 0.15) is 45.5 Å². The molecule has 1 N–H and O–H groups in total. The molecule has 0 aliphatic heterocycles. The number of hydrogen-bond acceptors (Lipinski definition) is 2. The summed E-state index contributed by atoms with van der Waals surface area (Å²) in [7, 11) is 0. The number of nitrogens with zero attached hydrogens (tertiary/aromatic N) is 2. The Kier molecular flexibility index (Phi) is 4.83. The lowest BCUT2D eigenvalue weighted by atomic mass is 10.3. The van der Waals surface area contributed by atoms with Crippen molar-refractivity contribution in [2.24, 2.45) is 0 Å². The molecule has 0 bridgehead atoms. The third-order valence-corrected chi connectivity index (χ3v) is 3.51. The van der Waals surface area contributed by atoms with Crippen molar-refractivity contribution in [1.29, 1.82) is 0 Å². The van der Waals surface area contributed by atoms with Gasteiger partial charge in [-0.1, -0.05) is 25.4 Å². The standard InChI is InChI=1S/C15H22ClN3/c1-4-8-17-11(3)15-18-13-7-6-12(16)10-14(13)19(15)9-5-2/h6-7,10-11,17H,4-5,8-9H2,1-3H3. The second kappa shape index (κ2) is 6.40. The summed E-state index contributed by atoms with van der Waals surface area (Å²) in [4.78, 5) is 4.77. The van der Waals surface area contributed by atoms with Gasteiger partial charge in [-0.25, -0.2) is 4.98 Å². The molecule has 0 spiro atoms. The Morgan fingerprint density at radius 1 is 1.32 bits per heavy atom. The SMILES string of the molecule is CCCNC(C)c1nc2ccc(Cl)cc2n1CCC. The van der Waals surface area contributed by atoms with Gasteiger partial charge < -0.3 is 9.88 Å². The molecule has 3 nitrogen and oxygen atoms in total.